The van der Waals surface area contributed by atoms with E-state index in [0.717, 1.165) is 24.5 Å². The summed E-state index contributed by atoms with van der Waals surface area (Å²) in [6.45, 7) is 2.23. The molecule has 2 aromatic heterocycles. The number of likely N-dealkylation sites (N-methyl/N-ethyl adjacent to an activating group) is 1. The Morgan fingerprint density at radius 3 is 2.61 bits per heavy atom. The minimum atomic E-state index is 0.277. The first kappa shape index (κ1) is 11.1. The van der Waals surface area contributed by atoms with E-state index in [2.05, 4.69) is 33.0 Å². The van der Waals surface area contributed by atoms with E-state index >= 15 is 0 Å². The van der Waals surface area contributed by atoms with Crippen molar-refractivity contribution >= 4 is 5.95 Å². The van der Waals surface area contributed by atoms with Gasteiger partial charge in [0, 0.05) is 31.4 Å². The van der Waals surface area contributed by atoms with Gasteiger partial charge in [0.1, 0.15) is 0 Å². The van der Waals surface area contributed by atoms with Crippen LogP contribution in [0.1, 0.15) is 11.5 Å². The Hall–Kier alpha value is -2.01. The summed E-state index contributed by atoms with van der Waals surface area (Å²) in [5.41, 5.74) is 8.45. The third-order valence-electron chi connectivity index (χ3n) is 3.26. The molecule has 0 spiro atoms. The summed E-state index contributed by atoms with van der Waals surface area (Å²) in [5, 5.41) is 0. The number of nitrogen functional groups attached to an aromatic ring is 1. The zero-order valence-corrected chi connectivity index (χ0v) is 10.2. The van der Waals surface area contributed by atoms with E-state index in [1.165, 1.54) is 5.56 Å². The molecule has 5 nitrogen and oxygen atoms in total. The van der Waals surface area contributed by atoms with Crippen LogP contribution in [0, 0.1) is 0 Å². The molecule has 1 aliphatic rings. The van der Waals surface area contributed by atoms with Gasteiger partial charge in [0.2, 0.25) is 5.95 Å². The van der Waals surface area contributed by atoms with Gasteiger partial charge in [-0.2, -0.15) is 0 Å². The fraction of sp³-hybridized carbons (Fsp3) is 0.308. The van der Waals surface area contributed by atoms with Gasteiger partial charge in [-0.1, -0.05) is 6.07 Å². The molecule has 1 aliphatic heterocycles. The van der Waals surface area contributed by atoms with Gasteiger partial charge in [0.05, 0.1) is 11.4 Å². The number of aromatic nitrogens is 3. The minimum Gasteiger partial charge on any atom is -0.368 e. The van der Waals surface area contributed by atoms with Crippen LogP contribution >= 0.6 is 0 Å². The molecule has 0 aliphatic carbocycles. The fourth-order valence-electron chi connectivity index (χ4n) is 2.22. The van der Waals surface area contributed by atoms with E-state index in [0.29, 0.717) is 5.92 Å². The molecule has 3 heterocycles. The smallest absolute Gasteiger partial charge is 0.220 e. The van der Waals surface area contributed by atoms with Crippen molar-refractivity contribution in [2.75, 3.05) is 25.9 Å². The zero-order valence-electron chi connectivity index (χ0n) is 10.2. The fourth-order valence-corrected chi connectivity index (χ4v) is 2.22. The summed E-state index contributed by atoms with van der Waals surface area (Å²) in [7, 11) is 2.13. The number of nitrogens with two attached hydrogens (primary N) is 1. The zero-order chi connectivity index (χ0) is 12.5. The molecule has 0 bridgehead atoms. The minimum absolute atomic E-state index is 0.277. The van der Waals surface area contributed by atoms with Gasteiger partial charge < -0.3 is 10.6 Å². The Morgan fingerprint density at radius 1 is 1.17 bits per heavy atom. The van der Waals surface area contributed by atoms with Crippen LogP contribution in [0.15, 0.2) is 30.6 Å². The summed E-state index contributed by atoms with van der Waals surface area (Å²) in [4.78, 5) is 14.8. The van der Waals surface area contributed by atoms with Crippen molar-refractivity contribution in [1.29, 1.82) is 0 Å². The van der Waals surface area contributed by atoms with E-state index in [9.17, 15) is 0 Å². The van der Waals surface area contributed by atoms with Gasteiger partial charge in [-0.05, 0) is 24.7 Å². The first-order valence-electron chi connectivity index (χ1n) is 5.96. The van der Waals surface area contributed by atoms with Crippen LogP contribution in [0.2, 0.25) is 0 Å². The average Bonchev–Trinajstić information content (AvgIpc) is 2.35. The molecular weight excluding hydrogens is 226 g/mol. The van der Waals surface area contributed by atoms with Gasteiger partial charge in [-0.15, -0.1) is 0 Å². The highest BCUT2D eigenvalue weighted by atomic mass is 15.2. The third kappa shape index (κ3) is 2.04. The van der Waals surface area contributed by atoms with E-state index in [1.807, 2.05) is 18.3 Å². The average molecular weight is 241 g/mol. The van der Waals surface area contributed by atoms with E-state index in [-0.39, 0.29) is 5.95 Å². The monoisotopic (exact) mass is 241 g/mol. The molecule has 92 valence electrons. The first-order chi connectivity index (χ1) is 8.72. The Balaban J connectivity index is 1.83. The van der Waals surface area contributed by atoms with Crippen LogP contribution in [0.3, 0.4) is 0 Å². The Labute approximate surface area is 106 Å². The second kappa shape index (κ2) is 4.34. The Bertz CT molecular complexity index is 546. The van der Waals surface area contributed by atoms with Crippen LogP contribution in [-0.2, 0) is 0 Å². The maximum Gasteiger partial charge on any atom is 0.220 e. The number of anilines is 1. The quantitative estimate of drug-likeness (QED) is 0.854. The van der Waals surface area contributed by atoms with Gasteiger partial charge in [-0.25, -0.2) is 9.97 Å². The molecule has 1 fully saturated rings. The number of likely N-dealkylation sites (tertiary alicyclic amines) is 1. The number of pyridine rings is 1. The second-order valence-electron chi connectivity index (χ2n) is 4.69. The van der Waals surface area contributed by atoms with Gasteiger partial charge in [0.25, 0.3) is 0 Å². The topological polar surface area (TPSA) is 67.9 Å². The second-order valence-corrected chi connectivity index (χ2v) is 4.69. The lowest BCUT2D eigenvalue weighted by Gasteiger charge is -2.36. The molecule has 18 heavy (non-hydrogen) atoms. The summed E-state index contributed by atoms with van der Waals surface area (Å²) in [6, 6.07) is 5.93. The van der Waals surface area contributed by atoms with Crippen molar-refractivity contribution in [3.05, 3.63) is 36.2 Å². The van der Waals surface area contributed by atoms with Crippen LogP contribution in [-0.4, -0.2) is 40.0 Å². The Kier molecular flexibility index (Phi) is 2.68. The van der Waals surface area contributed by atoms with E-state index in [1.54, 1.807) is 6.20 Å². The molecule has 0 aromatic carbocycles. The molecule has 1 saturated heterocycles. The lowest BCUT2D eigenvalue weighted by atomic mass is 9.93. The van der Waals surface area contributed by atoms with Crippen molar-refractivity contribution in [3.8, 4) is 11.4 Å². The molecule has 0 unspecified atom stereocenters. The van der Waals surface area contributed by atoms with E-state index < -0.39 is 0 Å². The molecule has 3 rings (SSSR count). The molecule has 0 amide bonds. The van der Waals surface area contributed by atoms with Crippen molar-refractivity contribution in [3.63, 3.8) is 0 Å². The summed E-state index contributed by atoms with van der Waals surface area (Å²) >= 11 is 0. The van der Waals surface area contributed by atoms with Gasteiger partial charge in [-0.3, -0.25) is 4.98 Å². The predicted molar refractivity (Wildman–Crippen MR) is 69.9 cm³/mol. The van der Waals surface area contributed by atoms with Crippen LogP contribution in [0.5, 0.6) is 0 Å². The lowest BCUT2D eigenvalue weighted by Crippen LogP contribution is -2.41. The third-order valence-corrected chi connectivity index (χ3v) is 3.26. The van der Waals surface area contributed by atoms with Crippen molar-refractivity contribution in [1.82, 2.24) is 19.9 Å². The molecule has 0 saturated carbocycles. The largest absolute Gasteiger partial charge is 0.368 e. The van der Waals surface area contributed by atoms with Crippen LogP contribution in [0.4, 0.5) is 5.95 Å². The molecule has 0 radical (unpaired) electrons. The standard InChI is InChI=1S/C13H15N5/c1-18-7-10(8-18)9-2-3-11(16-6-9)12-4-5-15-13(14)17-12/h2-6,10H,7-8H2,1H3,(H2,14,15,17). The maximum atomic E-state index is 5.56. The number of nitrogens with zero attached hydrogens (tertiary/aromatic N) is 4. The molecule has 2 aromatic rings. The summed E-state index contributed by atoms with van der Waals surface area (Å²) < 4.78 is 0. The highest BCUT2D eigenvalue weighted by Gasteiger charge is 2.24. The summed E-state index contributed by atoms with van der Waals surface area (Å²) in [5.74, 6) is 0.894. The molecule has 0 atom stereocenters. The maximum absolute atomic E-state index is 5.56. The van der Waals surface area contributed by atoms with Crippen molar-refractivity contribution in [2.45, 2.75) is 5.92 Å². The molecule has 2 N–H and O–H groups in total. The van der Waals surface area contributed by atoms with Gasteiger partial charge >= 0.3 is 0 Å². The van der Waals surface area contributed by atoms with Crippen LogP contribution < -0.4 is 5.73 Å². The highest BCUT2D eigenvalue weighted by Crippen LogP contribution is 2.26. The predicted octanol–water partition coefficient (Wildman–Crippen LogP) is 1.15. The number of hydrogen-bond donors (Lipinski definition) is 1. The van der Waals surface area contributed by atoms with Gasteiger partial charge in [0.15, 0.2) is 0 Å². The first-order valence-corrected chi connectivity index (χ1v) is 5.96. The Morgan fingerprint density at radius 2 is 2.00 bits per heavy atom. The van der Waals surface area contributed by atoms with Crippen molar-refractivity contribution in [2.24, 2.45) is 0 Å². The SMILES string of the molecule is CN1CC(c2ccc(-c3ccnc(N)n3)nc2)C1. The van der Waals surface area contributed by atoms with Crippen molar-refractivity contribution < 1.29 is 0 Å². The van der Waals surface area contributed by atoms with Crippen LogP contribution in [0.25, 0.3) is 11.4 Å². The van der Waals surface area contributed by atoms with E-state index in [4.69, 9.17) is 5.73 Å². The lowest BCUT2D eigenvalue weighted by molar-refractivity contribution is 0.189. The molecular formula is C13H15N5. The number of rotatable bonds is 2. The molecule has 5 heteroatoms. The summed E-state index contributed by atoms with van der Waals surface area (Å²) in [6.07, 6.45) is 3.58. The normalized spacial score (nSPS) is 16.5. The highest BCUT2D eigenvalue weighted by molar-refractivity contribution is 5.55. The number of hydrogen-bond acceptors (Lipinski definition) is 5.